The number of nitrogens with one attached hydrogen (secondary N) is 3. The van der Waals surface area contributed by atoms with Crippen molar-refractivity contribution in [3.05, 3.63) is 41.3 Å². The quantitative estimate of drug-likeness (QED) is 0.517. The minimum absolute atomic E-state index is 0.140. The Bertz CT molecular complexity index is 971. The highest BCUT2D eigenvalue weighted by molar-refractivity contribution is 6.32. The molecule has 11 heteroatoms. The summed E-state index contributed by atoms with van der Waals surface area (Å²) < 4.78 is 37.6. The number of fused-ring (bicyclic) bond motifs is 4. The third-order valence-electron chi connectivity index (χ3n) is 4.19. The van der Waals surface area contributed by atoms with Crippen LogP contribution >= 0.6 is 11.6 Å². The lowest BCUT2D eigenvalue weighted by Crippen LogP contribution is -2.29. The number of benzene rings is 1. The fourth-order valence-corrected chi connectivity index (χ4v) is 3.00. The highest BCUT2D eigenvalue weighted by atomic mass is 35.5. The molecule has 0 saturated heterocycles. The molecule has 0 spiro atoms. The van der Waals surface area contributed by atoms with Crippen LogP contribution in [-0.4, -0.2) is 28.0 Å². The first-order valence-corrected chi connectivity index (χ1v) is 9.01. The number of rotatable bonds is 1. The highest BCUT2D eigenvalue weighted by Gasteiger charge is 2.38. The number of nitrogens with zero attached hydrogens (tertiary/aromatic N) is 1. The topological polar surface area (TPSA) is 113 Å². The molecule has 3 rings (SSSR count). The Kier molecular flexibility index (Phi) is 5.94. The molecule has 1 aromatic carbocycles. The van der Waals surface area contributed by atoms with Crippen LogP contribution in [0.15, 0.2) is 30.4 Å². The van der Waals surface area contributed by atoms with Gasteiger partial charge in [0.1, 0.15) is 16.7 Å². The molecule has 5 N–H and O–H groups in total. The summed E-state index contributed by atoms with van der Waals surface area (Å²) >= 11 is 6.24. The maximum atomic E-state index is 12.5. The maximum absolute atomic E-state index is 12.5. The second-order valence-corrected chi connectivity index (χ2v) is 6.78. The molecule has 2 amide bonds. The van der Waals surface area contributed by atoms with E-state index in [0.29, 0.717) is 24.2 Å². The number of carbonyl (C=O) groups is 2. The number of aromatic amines is 1. The minimum atomic E-state index is -5.04. The zero-order valence-electron chi connectivity index (χ0n) is 14.9. The zero-order valence-corrected chi connectivity index (χ0v) is 15.7. The molecule has 0 fully saturated rings. The fraction of sp³-hybridized carbons (Fsp3) is 0.278. The summed E-state index contributed by atoms with van der Waals surface area (Å²) in [5.74, 6) is -2.05. The molecule has 7 nitrogen and oxygen atoms in total. The van der Waals surface area contributed by atoms with Gasteiger partial charge in [-0.2, -0.15) is 13.2 Å². The first-order valence-electron chi connectivity index (χ1n) is 8.63. The van der Waals surface area contributed by atoms with Crippen LogP contribution in [0.5, 0.6) is 0 Å². The molecular weight excluding hydrogens is 411 g/mol. The standard InChI is InChI=1S/C18H17ClF3N5O2/c19-15-14-10-7-6-9(24-17(29)18(20,21)22)8-12(10)25-13(28)5-3-1-2-4-11(23)16(26-14)27-15/h1-2,6-8,11H,3-5,23H2,(H,24,29)(H,25,28)(H,26,27)/b2-1-/t11-/m0/s1. The van der Waals surface area contributed by atoms with Crippen LogP contribution in [0.25, 0.3) is 11.3 Å². The van der Waals surface area contributed by atoms with Gasteiger partial charge in [0.15, 0.2) is 0 Å². The summed E-state index contributed by atoms with van der Waals surface area (Å²) in [6, 6.07) is 3.45. The Morgan fingerprint density at radius 2 is 2.07 bits per heavy atom. The monoisotopic (exact) mass is 427 g/mol. The van der Waals surface area contributed by atoms with Crippen molar-refractivity contribution in [2.75, 3.05) is 10.6 Å². The van der Waals surface area contributed by atoms with Crippen LogP contribution in [0.2, 0.25) is 5.15 Å². The predicted molar refractivity (Wildman–Crippen MR) is 102 cm³/mol. The molecule has 154 valence electrons. The Morgan fingerprint density at radius 1 is 1.31 bits per heavy atom. The average Bonchev–Trinajstić information content (AvgIpc) is 3.02. The third kappa shape index (κ3) is 4.96. The molecule has 1 aliphatic heterocycles. The normalized spacial score (nSPS) is 18.5. The first-order chi connectivity index (χ1) is 13.6. The molecule has 1 atom stereocenters. The maximum Gasteiger partial charge on any atom is 0.471 e. The Labute approximate surface area is 168 Å². The lowest BCUT2D eigenvalue weighted by atomic mass is 10.1. The molecular formula is C18H17ClF3N5O2. The van der Waals surface area contributed by atoms with Gasteiger partial charge in [-0.1, -0.05) is 23.8 Å². The first kappa shape index (κ1) is 20.9. The van der Waals surface area contributed by atoms with E-state index in [1.807, 2.05) is 12.2 Å². The van der Waals surface area contributed by atoms with Gasteiger partial charge in [0.25, 0.3) is 0 Å². The van der Waals surface area contributed by atoms with E-state index in [-0.39, 0.29) is 34.5 Å². The number of nitrogens with two attached hydrogens (primary N) is 1. The van der Waals surface area contributed by atoms with Gasteiger partial charge in [0.2, 0.25) is 5.91 Å². The summed E-state index contributed by atoms with van der Waals surface area (Å²) in [4.78, 5) is 30.7. The fourth-order valence-electron chi connectivity index (χ4n) is 2.76. The number of carbonyl (C=O) groups excluding carboxylic acids is 2. The summed E-state index contributed by atoms with van der Waals surface area (Å²) in [5.41, 5.74) is 6.77. The van der Waals surface area contributed by atoms with Gasteiger partial charge in [0, 0.05) is 17.7 Å². The number of halogens is 4. The van der Waals surface area contributed by atoms with E-state index in [1.54, 1.807) is 5.32 Å². The molecule has 0 saturated carbocycles. The largest absolute Gasteiger partial charge is 0.471 e. The van der Waals surface area contributed by atoms with Crippen molar-refractivity contribution in [1.82, 2.24) is 9.97 Å². The van der Waals surface area contributed by atoms with Crippen molar-refractivity contribution in [1.29, 1.82) is 0 Å². The zero-order chi connectivity index (χ0) is 21.2. The van der Waals surface area contributed by atoms with Crippen LogP contribution in [0.1, 0.15) is 31.1 Å². The number of H-pyrrole nitrogens is 1. The van der Waals surface area contributed by atoms with E-state index in [2.05, 4.69) is 15.3 Å². The molecule has 2 aromatic rings. The summed E-state index contributed by atoms with van der Waals surface area (Å²) in [6.07, 6.45) is -0.293. The van der Waals surface area contributed by atoms with Crippen LogP contribution in [0.4, 0.5) is 24.5 Å². The molecule has 29 heavy (non-hydrogen) atoms. The molecule has 1 aromatic heterocycles. The van der Waals surface area contributed by atoms with E-state index in [9.17, 15) is 22.8 Å². The number of hydrogen-bond acceptors (Lipinski definition) is 4. The lowest BCUT2D eigenvalue weighted by Gasteiger charge is -2.14. The second-order valence-electron chi connectivity index (χ2n) is 6.40. The Morgan fingerprint density at radius 3 is 2.79 bits per heavy atom. The van der Waals surface area contributed by atoms with E-state index in [0.717, 1.165) is 0 Å². The van der Waals surface area contributed by atoms with Gasteiger partial charge in [-0.25, -0.2) is 4.98 Å². The predicted octanol–water partition coefficient (Wildman–Crippen LogP) is 3.91. The van der Waals surface area contributed by atoms with E-state index >= 15 is 0 Å². The van der Waals surface area contributed by atoms with Crippen molar-refractivity contribution in [3.8, 4) is 11.3 Å². The van der Waals surface area contributed by atoms with Crippen LogP contribution in [0.3, 0.4) is 0 Å². The molecule has 1 aliphatic rings. The molecule has 2 heterocycles. The van der Waals surface area contributed by atoms with Crippen LogP contribution < -0.4 is 16.4 Å². The van der Waals surface area contributed by atoms with Crippen molar-refractivity contribution >= 4 is 34.8 Å². The minimum Gasteiger partial charge on any atom is -0.331 e. The Hall–Kier alpha value is -2.85. The number of alkyl halides is 3. The summed E-state index contributed by atoms with van der Waals surface area (Å²) in [7, 11) is 0. The van der Waals surface area contributed by atoms with Gasteiger partial charge in [-0.05, 0) is 31.0 Å². The van der Waals surface area contributed by atoms with E-state index in [4.69, 9.17) is 17.3 Å². The number of hydrogen-bond donors (Lipinski definition) is 4. The van der Waals surface area contributed by atoms with E-state index in [1.165, 1.54) is 18.2 Å². The van der Waals surface area contributed by atoms with Crippen LogP contribution in [-0.2, 0) is 9.59 Å². The van der Waals surface area contributed by atoms with Gasteiger partial charge in [-0.3, -0.25) is 9.59 Å². The number of allylic oxidation sites excluding steroid dienone is 1. The van der Waals surface area contributed by atoms with Crippen molar-refractivity contribution < 1.29 is 22.8 Å². The van der Waals surface area contributed by atoms with E-state index < -0.39 is 18.1 Å². The second kappa shape index (κ2) is 8.26. The van der Waals surface area contributed by atoms with Crippen molar-refractivity contribution in [3.63, 3.8) is 0 Å². The lowest BCUT2D eigenvalue weighted by molar-refractivity contribution is -0.167. The van der Waals surface area contributed by atoms with Crippen molar-refractivity contribution in [2.45, 2.75) is 31.5 Å². The average molecular weight is 428 g/mol. The highest BCUT2D eigenvalue weighted by Crippen LogP contribution is 2.35. The van der Waals surface area contributed by atoms with Crippen molar-refractivity contribution in [2.24, 2.45) is 5.73 Å². The van der Waals surface area contributed by atoms with Crippen LogP contribution in [0, 0.1) is 0 Å². The molecule has 0 aliphatic carbocycles. The summed E-state index contributed by atoms with van der Waals surface area (Å²) in [5, 5.41) is 4.56. The van der Waals surface area contributed by atoms with Gasteiger partial charge in [0.05, 0.1) is 11.7 Å². The third-order valence-corrected chi connectivity index (χ3v) is 4.46. The van der Waals surface area contributed by atoms with Gasteiger partial charge >= 0.3 is 12.1 Å². The van der Waals surface area contributed by atoms with Gasteiger partial charge < -0.3 is 21.4 Å². The smallest absolute Gasteiger partial charge is 0.331 e. The SMILES string of the molecule is N[C@H]1C/C=C\CCC(=O)Nc2cc(NC(=O)C(F)(F)F)ccc2-c2nc1[nH]c2Cl. The molecule has 0 radical (unpaired) electrons. The summed E-state index contributed by atoms with van der Waals surface area (Å²) in [6.45, 7) is 0. The Balaban J connectivity index is 2.04. The number of amides is 2. The number of imidazole rings is 1. The molecule has 2 bridgehead atoms. The number of anilines is 2. The number of aromatic nitrogens is 2. The molecule has 0 unspecified atom stereocenters. The van der Waals surface area contributed by atoms with Gasteiger partial charge in [-0.15, -0.1) is 0 Å².